The quantitative estimate of drug-likeness (QED) is 0.873. The fourth-order valence-electron chi connectivity index (χ4n) is 1.88. The number of hydrogen-bond donors (Lipinski definition) is 2. The van der Waals surface area contributed by atoms with Gasteiger partial charge in [0.2, 0.25) is 0 Å². The van der Waals surface area contributed by atoms with Crippen LogP contribution in [0.1, 0.15) is 29.3 Å². The molecule has 0 spiro atoms. The van der Waals surface area contributed by atoms with Crippen LogP contribution < -0.4 is 10.6 Å². The van der Waals surface area contributed by atoms with Crippen molar-refractivity contribution in [3.63, 3.8) is 0 Å². The number of hydrogen-bond acceptors (Lipinski definition) is 3. The molecule has 0 aliphatic rings. The first-order valence-corrected chi connectivity index (χ1v) is 7.25. The SMILES string of the molecule is CCCNc1cc(C(=O)Nc2cccc(C)c2)c(Cl)cn1. The predicted molar refractivity (Wildman–Crippen MR) is 87.2 cm³/mol. The Morgan fingerprint density at radius 2 is 2.14 bits per heavy atom. The molecule has 2 N–H and O–H groups in total. The maximum absolute atomic E-state index is 12.3. The summed E-state index contributed by atoms with van der Waals surface area (Å²) in [5, 5.41) is 6.32. The largest absolute Gasteiger partial charge is 0.370 e. The molecule has 0 unspecified atom stereocenters. The van der Waals surface area contributed by atoms with Crippen LogP contribution in [0.15, 0.2) is 36.5 Å². The molecule has 0 bridgehead atoms. The number of benzene rings is 1. The van der Waals surface area contributed by atoms with Gasteiger partial charge in [0.05, 0.1) is 10.6 Å². The molecule has 1 heterocycles. The van der Waals surface area contributed by atoms with Crippen molar-refractivity contribution in [3.05, 3.63) is 52.7 Å². The Morgan fingerprint density at radius 1 is 1.33 bits per heavy atom. The highest BCUT2D eigenvalue weighted by Crippen LogP contribution is 2.20. The first-order valence-electron chi connectivity index (χ1n) is 6.87. The average molecular weight is 304 g/mol. The van der Waals surface area contributed by atoms with E-state index in [0.29, 0.717) is 16.4 Å². The van der Waals surface area contributed by atoms with Crippen molar-refractivity contribution >= 4 is 29.0 Å². The van der Waals surface area contributed by atoms with Crippen molar-refractivity contribution in [3.8, 4) is 0 Å². The molecule has 0 atom stereocenters. The van der Waals surface area contributed by atoms with E-state index in [1.165, 1.54) is 6.20 Å². The van der Waals surface area contributed by atoms with Crippen molar-refractivity contribution in [2.24, 2.45) is 0 Å². The molecular formula is C16H18ClN3O. The zero-order valence-corrected chi connectivity index (χ0v) is 12.9. The standard InChI is InChI=1S/C16H18ClN3O/c1-3-7-18-15-9-13(14(17)10-19-15)16(21)20-12-6-4-5-11(2)8-12/h4-6,8-10H,3,7H2,1-2H3,(H,18,19)(H,20,21). The summed E-state index contributed by atoms with van der Waals surface area (Å²) >= 11 is 6.07. The summed E-state index contributed by atoms with van der Waals surface area (Å²) in [6, 6.07) is 9.29. The van der Waals surface area contributed by atoms with Gasteiger partial charge < -0.3 is 10.6 Å². The summed E-state index contributed by atoms with van der Waals surface area (Å²) in [4.78, 5) is 16.5. The first kappa shape index (κ1) is 15.3. The van der Waals surface area contributed by atoms with Gasteiger partial charge in [0, 0.05) is 18.4 Å². The van der Waals surface area contributed by atoms with Crippen LogP contribution >= 0.6 is 11.6 Å². The van der Waals surface area contributed by atoms with E-state index in [1.807, 2.05) is 31.2 Å². The second-order valence-corrected chi connectivity index (χ2v) is 5.21. The highest BCUT2D eigenvalue weighted by atomic mass is 35.5. The van der Waals surface area contributed by atoms with E-state index in [2.05, 4.69) is 22.5 Å². The number of halogens is 1. The summed E-state index contributed by atoms with van der Waals surface area (Å²) in [7, 11) is 0. The third kappa shape index (κ3) is 4.20. The molecule has 1 aromatic carbocycles. The Bertz CT molecular complexity index is 643. The monoisotopic (exact) mass is 303 g/mol. The second kappa shape index (κ2) is 7.09. The second-order valence-electron chi connectivity index (χ2n) is 4.80. The number of nitrogens with zero attached hydrogens (tertiary/aromatic N) is 1. The van der Waals surface area contributed by atoms with Gasteiger partial charge in [-0.15, -0.1) is 0 Å². The molecule has 0 aliphatic carbocycles. The van der Waals surface area contributed by atoms with E-state index in [0.717, 1.165) is 24.2 Å². The Hall–Kier alpha value is -2.07. The molecule has 21 heavy (non-hydrogen) atoms. The normalized spacial score (nSPS) is 10.2. The van der Waals surface area contributed by atoms with E-state index in [4.69, 9.17) is 11.6 Å². The third-order valence-electron chi connectivity index (χ3n) is 2.93. The maximum atomic E-state index is 12.3. The van der Waals surface area contributed by atoms with Crippen molar-refractivity contribution < 1.29 is 4.79 Å². The van der Waals surface area contributed by atoms with E-state index < -0.39 is 0 Å². The molecule has 110 valence electrons. The number of carbonyl (C=O) groups is 1. The van der Waals surface area contributed by atoms with Crippen LogP contribution in [0.3, 0.4) is 0 Å². The predicted octanol–water partition coefficient (Wildman–Crippen LogP) is 4.12. The lowest BCUT2D eigenvalue weighted by Crippen LogP contribution is -2.14. The third-order valence-corrected chi connectivity index (χ3v) is 3.23. The Labute approximate surface area is 129 Å². The molecule has 0 fully saturated rings. The van der Waals surface area contributed by atoms with Crippen LogP contribution in [0.2, 0.25) is 5.02 Å². The lowest BCUT2D eigenvalue weighted by Gasteiger charge is -2.09. The van der Waals surface area contributed by atoms with Gasteiger partial charge in [-0.25, -0.2) is 4.98 Å². The van der Waals surface area contributed by atoms with Crippen molar-refractivity contribution in [1.29, 1.82) is 0 Å². The molecule has 1 aromatic heterocycles. The summed E-state index contributed by atoms with van der Waals surface area (Å²) in [6.45, 7) is 4.84. The zero-order valence-electron chi connectivity index (χ0n) is 12.1. The van der Waals surface area contributed by atoms with Gasteiger partial charge in [0.25, 0.3) is 5.91 Å². The number of pyridine rings is 1. The van der Waals surface area contributed by atoms with Crippen molar-refractivity contribution in [1.82, 2.24) is 4.98 Å². The van der Waals surface area contributed by atoms with Gasteiger partial charge in [0.15, 0.2) is 0 Å². The number of nitrogens with one attached hydrogen (secondary N) is 2. The summed E-state index contributed by atoms with van der Waals surface area (Å²) < 4.78 is 0. The van der Waals surface area contributed by atoms with Gasteiger partial charge in [-0.3, -0.25) is 4.79 Å². The number of amides is 1. The average Bonchev–Trinajstić information content (AvgIpc) is 2.46. The molecule has 0 saturated carbocycles. The Kier molecular flexibility index (Phi) is 5.17. The highest BCUT2D eigenvalue weighted by molar-refractivity contribution is 6.34. The van der Waals surface area contributed by atoms with Crippen LogP contribution in [-0.4, -0.2) is 17.4 Å². The summed E-state index contributed by atoms with van der Waals surface area (Å²) in [6.07, 6.45) is 2.47. The van der Waals surface area contributed by atoms with E-state index >= 15 is 0 Å². The van der Waals surface area contributed by atoms with E-state index in [9.17, 15) is 4.79 Å². The molecule has 2 rings (SSSR count). The lowest BCUT2D eigenvalue weighted by atomic mass is 10.2. The minimum absolute atomic E-state index is 0.243. The number of anilines is 2. The summed E-state index contributed by atoms with van der Waals surface area (Å²) in [5.74, 6) is 0.406. The number of rotatable bonds is 5. The summed E-state index contributed by atoms with van der Waals surface area (Å²) in [5.41, 5.74) is 2.24. The van der Waals surface area contributed by atoms with Crippen molar-refractivity contribution in [2.45, 2.75) is 20.3 Å². The van der Waals surface area contributed by atoms with Crippen LogP contribution in [0.5, 0.6) is 0 Å². The Morgan fingerprint density at radius 3 is 2.86 bits per heavy atom. The minimum Gasteiger partial charge on any atom is -0.370 e. The topological polar surface area (TPSA) is 54.0 Å². The smallest absolute Gasteiger partial charge is 0.257 e. The molecule has 2 aromatic rings. The van der Waals surface area contributed by atoms with Gasteiger partial charge in [-0.1, -0.05) is 30.7 Å². The lowest BCUT2D eigenvalue weighted by molar-refractivity contribution is 0.102. The molecule has 0 radical (unpaired) electrons. The van der Waals surface area contributed by atoms with E-state index in [-0.39, 0.29) is 5.91 Å². The van der Waals surface area contributed by atoms with E-state index in [1.54, 1.807) is 6.07 Å². The maximum Gasteiger partial charge on any atom is 0.257 e. The van der Waals surface area contributed by atoms with Crippen molar-refractivity contribution in [2.75, 3.05) is 17.2 Å². The van der Waals surface area contributed by atoms with Crippen LogP contribution in [0.4, 0.5) is 11.5 Å². The van der Waals surface area contributed by atoms with Crippen LogP contribution in [0.25, 0.3) is 0 Å². The minimum atomic E-state index is -0.243. The first-order chi connectivity index (χ1) is 10.1. The van der Waals surface area contributed by atoms with Gasteiger partial charge >= 0.3 is 0 Å². The number of aryl methyl sites for hydroxylation is 1. The molecule has 1 amide bonds. The van der Waals surface area contributed by atoms with Crippen LogP contribution in [0, 0.1) is 6.92 Å². The zero-order chi connectivity index (χ0) is 15.2. The highest BCUT2D eigenvalue weighted by Gasteiger charge is 2.12. The van der Waals surface area contributed by atoms with Gasteiger partial charge in [-0.05, 0) is 37.1 Å². The molecular weight excluding hydrogens is 286 g/mol. The van der Waals surface area contributed by atoms with Crippen LogP contribution in [-0.2, 0) is 0 Å². The molecule has 5 heteroatoms. The Balaban J connectivity index is 2.18. The van der Waals surface area contributed by atoms with Gasteiger partial charge in [-0.2, -0.15) is 0 Å². The molecule has 4 nitrogen and oxygen atoms in total. The molecule has 0 aliphatic heterocycles. The molecule has 0 saturated heterocycles. The fourth-order valence-corrected chi connectivity index (χ4v) is 2.07. The fraction of sp³-hybridized carbons (Fsp3) is 0.250. The van der Waals surface area contributed by atoms with Gasteiger partial charge in [0.1, 0.15) is 5.82 Å². The number of aromatic nitrogens is 1. The number of carbonyl (C=O) groups excluding carboxylic acids is 1.